The van der Waals surface area contributed by atoms with Crippen LogP contribution in [0.5, 0.6) is 0 Å². The molecule has 1 fully saturated rings. The summed E-state index contributed by atoms with van der Waals surface area (Å²) >= 11 is 6.26. The zero-order valence-corrected chi connectivity index (χ0v) is 32.6. The van der Waals surface area contributed by atoms with Crippen molar-refractivity contribution in [3.63, 3.8) is 0 Å². The van der Waals surface area contributed by atoms with Gasteiger partial charge in [-0.1, -0.05) is 48.0 Å². The molecule has 3 amide bonds. The molecule has 6 aromatic rings. The first-order valence-corrected chi connectivity index (χ1v) is 19.2. The Hall–Kier alpha value is -5.96. The van der Waals surface area contributed by atoms with Crippen LogP contribution in [0.2, 0.25) is 5.02 Å². The zero-order valence-electron chi connectivity index (χ0n) is 31.8. The molecule has 57 heavy (non-hydrogen) atoms. The van der Waals surface area contributed by atoms with Gasteiger partial charge in [0.05, 0.1) is 63.9 Å². The van der Waals surface area contributed by atoms with Crippen LogP contribution in [0.1, 0.15) is 51.2 Å². The Morgan fingerprint density at radius 1 is 0.947 bits per heavy atom. The molecule has 0 spiro atoms. The summed E-state index contributed by atoms with van der Waals surface area (Å²) in [5.74, 6) is -0.594. The molecule has 3 aromatic carbocycles. The van der Waals surface area contributed by atoms with Crippen molar-refractivity contribution in [2.24, 2.45) is 0 Å². The van der Waals surface area contributed by atoms with Crippen LogP contribution in [0.25, 0.3) is 21.8 Å². The van der Waals surface area contributed by atoms with E-state index in [0.717, 1.165) is 16.6 Å². The predicted molar refractivity (Wildman–Crippen MR) is 218 cm³/mol. The number of amides is 3. The maximum atomic E-state index is 14.1. The van der Waals surface area contributed by atoms with Crippen LogP contribution in [0.3, 0.4) is 0 Å². The van der Waals surface area contributed by atoms with E-state index < -0.39 is 5.60 Å². The number of anilines is 1. The number of carbonyl (C=O) groups excluding carboxylic acids is 3. The number of rotatable bonds is 13. The molecular formula is C42H44ClN9O5. The highest BCUT2D eigenvalue weighted by atomic mass is 35.5. The second-order valence-corrected chi connectivity index (χ2v) is 15.1. The molecule has 0 bridgehead atoms. The van der Waals surface area contributed by atoms with Crippen molar-refractivity contribution in [3.05, 3.63) is 129 Å². The fourth-order valence-corrected chi connectivity index (χ4v) is 7.27. The number of nitrogens with one attached hydrogen (secondary N) is 2. The highest BCUT2D eigenvalue weighted by Crippen LogP contribution is 2.27. The average molecular weight is 790 g/mol. The Morgan fingerprint density at radius 2 is 1.70 bits per heavy atom. The van der Waals surface area contributed by atoms with E-state index in [1.165, 1.54) is 10.9 Å². The molecule has 1 aliphatic heterocycles. The molecule has 1 aliphatic rings. The molecule has 0 saturated carbocycles. The predicted octanol–water partition coefficient (Wildman–Crippen LogP) is 4.37. The van der Waals surface area contributed by atoms with Crippen LogP contribution >= 0.6 is 11.6 Å². The van der Waals surface area contributed by atoms with Gasteiger partial charge >= 0.3 is 0 Å². The third kappa shape index (κ3) is 9.20. The summed E-state index contributed by atoms with van der Waals surface area (Å²) in [7, 11) is 3.80. The lowest BCUT2D eigenvalue weighted by Crippen LogP contribution is -2.49. The van der Waals surface area contributed by atoms with Crippen LogP contribution in [0, 0.1) is 0 Å². The van der Waals surface area contributed by atoms with E-state index in [-0.39, 0.29) is 62.3 Å². The van der Waals surface area contributed by atoms with Crippen molar-refractivity contribution in [2.45, 2.75) is 44.4 Å². The second-order valence-electron chi connectivity index (χ2n) is 14.7. The summed E-state index contributed by atoms with van der Waals surface area (Å²) in [5.41, 5.74) is 2.71. The molecule has 294 valence electrons. The van der Waals surface area contributed by atoms with E-state index in [0.29, 0.717) is 64.2 Å². The van der Waals surface area contributed by atoms with Crippen molar-refractivity contribution in [1.82, 2.24) is 39.4 Å². The first-order chi connectivity index (χ1) is 27.5. The minimum Gasteiger partial charge on any atom is -0.388 e. The van der Waals surface area contributed by atoms with Crippen molar-refractivity contribution in [2.75, 3.05) is 45.6 Å². The quantitative estimate of drug-likeness (QED) is 0.154. The van der Waals surface area contributed by atoms with E-state index in [1.807, 2.05) is 49.3 Å². The first kappa shape index (κ1) is 39.3. The number of halogens is 1. The Bertz CT molecular complexity index is 2490. The highest BCUT2D eigenvalue weighted by molar-refractivity contribution is 6.35. The molecule has 0 aliphatic carbocycles. The second kappa shape index (κ2) is 17.0. The monoisotopic (exact) mass is 789 g/mol. The number of benzene rings is 3. The van der Waals surface area contributed by atoms with Gasteiger partial charge in [-0.2, -0.15) is 5.10 Å². The van der Waals surface area contributed by atoms with Crippen molar-refractivity contribution in [1.29, 1.82) is 0 Å². The molecule has 14 nitrogen and oxygen atoms in total. The number of hydrogen-bond donors (Lipinski definition) is 3. The van der Waals surface area contributed by atoms with Gasteiger partial charge in [0.1, 0.15) is 0 Å². The van der Waals surface area contributed by atoms with Gasteiger partial charge in [-0.15, -0.1) is 0 Å². The van der Waals surface area contributed by atoms with Gasteiger partial charge < -0.3 is 25.5 Å². The molecule has 7 rings (SSSR count). The Balaban J connectivity index is 0.998. The van der Waals surface area contributed by atoms with Crippen molar-refractivity contribution >= 4 is 56.8 Å². The Morgan fingerprint density at radius 3 is 2.47 bits per heavy atom. The largest absolute Gasteiger partial charge is 0.388 e. The van der Waals surface area contributed by atoms with E-state index in [9.17, 15) is 24.3 Å². The molecule has 1 saturated heterocycles. The van der Waals surface area contributed by atoms with Crippen molar-refractivity contribution < 1.29 is 19.5 Å². The SMILES string of the molecule is CN(C)CCC(=O)Nc1ccc2c(=O)n(CC3(O)CCN(C(=O)c4cnn(CCNC(=O)c5ccc6c(Cl)ccnc6c5)c4Cc4ccccc4)CC3)cnc2c1. The van der Waals surface area contributed by atoms with Gasteiger partial charge in [0.2, 0.25) is 5.91 Å². The molecule has 15 heteroatoms. The smallest absolute Gasteiger partial charge is 0.261 e. The van der Waals surface area contributed by atoms with Gasteiger partial charge in [-0.3, -0.25) is 33.4 Å². The summed E-state index contributed by atoms with van der Waals surface area (Å²) in [6, 6.07) is 21.7. The fourth-order valence-electron chi connectivity index (χ4n) is 7.06. The van der Waals surface area contributed by atoms with E-state index >= 15 is 0 Å². The Kier molecular flexibility index (Phi) is 11.7. The number of piperidine rings is 1. The number of pyridine rings is 1. The molecule has 3 N–H and O–H groups in total. The normalized spacial score (nSPS) is 13.9. The van der Waals surface area contributed by atoms with Crippen LogP contribution < -0.4 is 16.2 Å². The number of aliphatic hydroxyl groups is 1. The molecular weight excluding hydrogens is 746 g/mol. The number of hydrogen-bond acceptors (Lipinski definition) is 9. The topological polar surface area (TPSA) is 168 Å². The lowest BCUT2D eigenvalue weighted by Gasteiger charge is -2.38. The Labute approximate surface area is 334 Å². The number of nitrogens with zero attached hydrogens (tertiary/aromatic N) is 7. The van der Waals surface area contributed by atoms with Gasteiger partial charge in [0, 0.05) is 61.9 Å². The summed E-state index contributed by atoms with van der Waals surface area (Å²) in [6.45, 7) is 1.79. The van der Waals surface area contributed by atoms with Crippen LogP contribution in [-0.4, -0.2) is 103 Å². The summed E-state index contributed by atoms with van der Waals surface area (Å²) in [4.78, 5) is 65.3. The number of aromatic nitrogens is 5. The minimum absolute atomic E-state index is 0.0200. The molecule has 0 atom stereocenters. The maximum absolute atomic E-state index is 14.1. The summed E-state index contributed by atoms with van der Waals surface area (Å²) in [5, 5.41) is 23.7. The standard InChI is InChI=1S/C42H44ClN9O5/c1-49(2)18-13-38(53)48-30-9-11-32-36(24-30)46-27-51(40(32)55)26-42(57)14-19-50(20-15-42)41(56)33-25-47-52(37(33)22-28-6-4-3-5-7-28)21-17-45-39(54)29-8-10-31-34(43)12-16-44-35(31)23-29/h3-12,16,23-25,27,57H,13-15,17-22,26H2,1-2H3,(H,45,54)(H,48,53). The first-order valence-electron chi connectivity index (χ1n) is 18.8. The number of carbonyl (C=O) groups is 3. The van der Waals surface area contributed by atoms with E-state index in [1.54, 1.807) is 64.4 Å². The molecule has 0 radical (unpaired) electrons. The fraction of sp³-hybridized carbons (Fsp3) is 0.310. The summed E-state index contributed by atoms with van der Waals surface area (Å²) in [6.07, 6.45) is 5.89. The van der Waals surface area contributed by atoms with Gasteiger partial charge in [-0.25, -0.2) is 4.98 Å². The van der Waals surface area contributed by atoms with Crippen LogP contribution in [0.4, 0.5) is 5.69 Å². The lowest BCUT2D eigenvalue weighted by atomic mass is 9.90. The highest BCUT2D eigenvalue weighted by Gasteiger charge is 2.36. The zero-order chi connectivity index (χ0) is 40.1. The number of fused-ring (bicyclic) bond motifs is 2. The molecule has 0 unspecified atom stereocenters. The van der Waals surface area contributed by atoms with Gasteiger partial charge in [0.15, 0.2) is 0 Å². The van der Waals surface area contributed by atoms with E-state index in [2.05, 4.69) is 25.7 Å². The van der Waals surface area contributed by atoms with Crippen LogP contribution in [-0.2, 0) is 24.3 Å². The average Bonchev–Trinajstić information content (AvgIpc) is 3.60. The van der Waals surface area contributed by atoms with Crippen LogP contribution in [0.15, 0.2) is 96.3 Å². The lowest BCUT2D eigenvalue weighted by molar-refractivity contribution is -0.116. The van der Waals surface area contributed by atoms with Gasteiger partial charge in [-0.05, 0) is 68.9 Å². The minimum atomic E-state index is -1.24. The van der Waals surface area contributed by atoms with Crippen molar-refractivity contribution in [3.8, 4) is 0 Å². The van der Waals surface area contributed by atoms with Gasteiger partial charge in [0.25, 0.3) is 17.4 Å². The number of likely N-dealkylation sites (tertiary alicyclic amines) is 1. The molecule has 4 heterocycles. The third-order valence-corrected chi connectivity index (χ3v) is 10.6. The summed E-state index contributed by atoms with van der Waals surface area (Å²) < 4.78 is 3.16. The maximum Gasteiger partial charge on any atom is 0.261 e. The molecule has 3 aromatic heterocycles. The third-order valence-electron chi connectivity index (χ3n) is 10.3. The van der Waals surface area contributed by atoms with E-state index in [4.69, 9.17) is 11.6 Å².